The Morgan fingerprint density at radius 3 is 2.49 bits per heavy atom. The largest absolute Gasteiger partial charge is 0.497 e. The van der Waals surface area contributed by atoms with Crippen molar-refractivity contribution < 1.29 is 32.6 Å². The molecule has 2 aromatic carbocycles. The number of nitrogens with zero attached hydrogens (tertiary/aromatic N) is 2. The van der Waals surface area contributed by atoms with Gasteiger partial charge in [0.25, 0.3) is 5.91 Å². The van der Waals surface area contributed by atoms with E-state index in [2.05, 4.69) is 5.32 Å². The number of benzene rings is 2. The number of likely N-dealkylation sites (N-methyl/N-ethyl adjacent to an activating group) is 1. The fourth-order valence-corrected chi connectivity index (χ4v) is 6.59. The van der Waals surface area contributed by atoms with Gasteiger partial charge in [0.15, 0.2) is 0 Å². The Kier molecular flexibility index (Phi) is 9.93. The summed E-state index contributed by atoms with van der Waals surface area (Å²) >= 11 is 0. The zero-order valence-electron chi connectivity index (χ0n) is 24.2. The van der Waals surface area contributed by atoms with E-state index >= 15 is 0 Å². The Morgan fingerprint density at radius 1 is 1.17 bits per heavy atom. The van der Waals surface area contributed by atoms with E-state index in [9.17, 15) is 23.1 Å². The topological polar surface area (TPSA) is 125 Å². The highest BCUT2D eigenvalue weighted by molar-refractivity contribution is 7.89. The third-order valence-electron chi connectivity index (χ3n) is 8.11. The van der Waals surface area contributed by atoms with Crippen LogP contribution in [0.15, 0.2) is 47.4 Å². The van der Waals surface area contributed by atoms with Crippen molar-refractivity contribution in [3.8, 4) is 11.5 Å². The van der Waals surface area contributed by atoms with E-state index < -0.39 is 22.2 Å². The molecule has 1 heterocycles. The Hall–Kier alpha value is -3.15. The number of amides is 2. The average Bonchev–Trinajstić information content (AvgIpc) is 2.99. The predicted octanol–water partition coefficient (Wildman–Crippen LogP) is 3.75. The quantitative estimate of drug-likeness (QED) is 0.458. The van der Waals surface area contributed by atoms with E-state index in [0.717, 1.165) is 32.1 Å². The third-order valence-corrected chi connectivity index (χ3v) is 9.95. The second-order valence-corrected chi connectivity index (χ2v) is 13.2. The fourth-order valence-electron chi connectivity index (χ4n) is 5.41. The van der Waals surface area contributed by atoms with Crippen molar-refractivity contribution in [1.29, 1.82) is 0 Å². The maximum absolute atomic E-state index is 13.7. The lowest BCUT2D eigenvalue weighted by Crippen LogP contribution is -2.50. The molecule has 41 heavy (non-hydrogen) atoms. The molecule has 0 bridgehead atoms. The van der Waals surface area contributed by atoms with E-state index in [0.29, 0.717) is 17.2 Å². The molecule has 2 aromatic rings. The van der Waals surface area contributed by atoms with Crippen molar-refractivity contribution in [2.75, 3.05) is 39.2 Å². The zero-order chi connectivity index (χ0) is 29.7. The Labute approximate surface area is 242 Å². The number of fused-ring (bicyclic) bond motifs is 1. The molecule has 0 unspecified atom stereocenters. The van der Waals surface area contributed by atoms with Crippen molar-refractivity contribution >= 4 is 27.5 Å². The number of nitrogens with one attached hydrogen (secondary N) is 1. The summed E-state index contributed by atoms with van der Waals surface area (Å²) in [5, 5.41) is 12.9. The lowest BCUT2D eigenvalue weighted by atomic mass is 9.88. The van der Waals surface area contributed by atoms with E-state index in [1.807, 2.05) is 6.92 Å². The van der Waals surface area contributed by atoms with Crippen LogP contribution in [-0.4, -0.2) is 80.5 Å². The Balaban J connectivity index is 1.61. The first-order valence-corrected chi connectivity index (χ1v) is 15.6. The fraction of sp³-hybridized carbons (Fsp3) is 0.533. The molecule has 0 saturated heterocycles. The first kappa shape index (κ1) is 30.8. The average molecular weight is 588 g/mol. The molecule has 1 aliphatic carbocycles. The van der Waals surface area contributed by atoms with Crippen LogP contribution in [0.5, 0.6) is 11.5 Å². The maximum atomic E-state index is 13.7. The van der Waals surface area contributed by atoms with Gasteiger partial charge in [-0.25, -0.2) is 8.42 Å². The van der Waals surface area contributed by atoms with Crippen LogP contribution in [0.3, 0.4) is 0 Å². The van der Waals surface area contributed by atoms with Crippen LogP contribution < -0.4 is 14.8 Å². The van der Waals surface area contributed by atoms with Gasteiger partial charge in [-0.2, -0.15) is 4.31 Å². The number of aliphatic hydroxyl groups excluding tert-OH is 1. The molecule has 10 nitrogen and oxygen atoms in total. The van der Waals surface area contributed by atoms with E-state index in [1.54, 1.807) is 42.2 Å². The van der Waals surface area contributed by atoms with Crippen molar-refractivity contribution in [3.05, 3.63) is 48.0 Å². The van der Waals surface area contributed by atoms with Crippen LogP contribution in [0, 0.1) is 11.8 Å². The molecule has 4 rings (SSSR count). The van der Waals surface area contributed by atoms with Crippen LogP contribution >= 0.6 is 0 Å². The number of sulfonamides is 1. The highest BCUT2D eigenvalue weighted by Crippen LogP contribution is 2.32. The minimum atomic E-state index is -3.83. The summed E-state index contributed by atoms with van der Waals surface area (Å²) < 4.78 is 39.4. The molecule has 3 atom stereocenters. The van der Waals surface area contributed by atoms with Gasteiger partial charge < -0.3 is 24.8 Å². The Bertz CT molecular complexity index is 1330. The maximum Gasteiger partial charge on any atom is 0.258 e. The van der Waals surface area contributed by atoms with Crippen LogP contribution in [0.25, 0.3) is 0 Å². The lowest BCUT2D eigenvalue weighted by Gasteiger charge is -2.38. The van der Waals surface area contributed by atoms with Crippen molar-refractivity contribution in [3.63, 3.8) is 0 Å². The highest BCUT2D eigenvalue weighted by atomic mass is 32.2. The summed E-state index contributed by atoms with van der Waals surface area (Å²) in [7, 11) is -0.819. The van der Waals surface area contributed by atoms with Gasteiger partial charge in [-0.15, -0.1) is 0 Å². The predicted molar refractivity (Wildman–Crippen MR) is 156 cm³/mol. The number of carbonyl (C=O) groups excluding carboxylic acids is 2. The molecule has 0 spiro atoms. The van der Waals surface area contributed by atoms with Crippen LogP contribution in [0.1, 0.15) is 56.3 Å². The van der Waals surface area contributed by atoms with Gasteiger partial charge in [-0.05, 0) is 62.2 Å². The summed E-state index contributed by atoms with van der Waals surface area (Å²) in [6, 6.07) is 10.7. The van der Waals surface area contributed by atoms with Gasteiger partial charge in [0.1, 0.15) is 17.6 Å². The number of anilines is 1. The molecule has 11 heteroatoms. The molecule has 1 aliphatic heterocycles. The molecule has 2 amide bonds. The normalized spacial score (nSPS) is 20.9. The summed E-state index contributed by atoms with van der Waals surface area (Å²) in [6.45, 7) is 3.71. The smallest absolute Gasteiger partial charge is 0.258 e. The molecule has 1 saturated carbocycles. The molecule has 2 N–H and O–H groups in total. The van der Waals surface area contributed by atoms with E-state index in [4.69, 9.17) is 9.47 Å². The number of hydrogen-bond acceptors (Lipinski definition) is 7. The van der Waals surface area contributed by atoms with E-state index in [-0.39, 0.29) is 53.8 Å². The van der Waals surface area contributed by atoms with Crippen LogP contribution in [0.2, 0.25) is 0 Å². The van der Waals surface area contributed by atoms with E-state index in [1.165, 1.54) is 30.6 Å². The molecular weight excluding hydrogens is 546 g/mol. The standard InChI is InChI=1S/C30H41N3O7S/c1-20-17-33(21(2)19-34)30(36)26-16-23(31-29(35)22-8-6-5-7-9-22)10-15-27(26)40-28(20)18-32(3)41(37,38)25-13-11-24(39-4)12-14-25/h10-16,20-22,28,34H,5-9,17-19H2,1-4H3,(H,31,35)/t20-,21-,28-/m1/s1. The number of rotatable bonds is 9. The second kappa shape index (κ2) is 13.2. The molecule has 1 fully saturated rings. The number of hydrogen-bond donors (Lipinski definition) is 2. The number of methoxy groups -OCH3 is 1. The first-order valence-electron chi connectivity index (χ1n) is 14.2. The summed E-state index contributed by atoms with van der Waals surface area (Å²) in [5.41, 5.74) is 0.751. The first-order chi connectivity index (χ1) is 19.5. The molecule has 2 aliphatic rings. The second-order valence-electron chi connectivity index (χ2n) is 11.1. The monoisotopic (exact) mass is 587 g/mol. The summed E-state index contributed by atoms with van der Waals surface area (Å²) in [6.07, 6.45) is 4.32. The Morgan fingerprint density at radius 2 is 1.85 bits per heavy atom. The van der Waals surface area contributed by atoms with Gasteiger partial charge in [0.05, 0.1) is 36.8 Å². The van der Waals surface area contributed by atoms with Gasteiger partial charge in [0.2, 0.25) is 15.9 Å². The van der Waals surface area contributed by atoms with Gasteiger partial charge in [-0.1, -0.05) is 26.2 Å². The molecule has 0 aromatic heterocycles. The summed E-state index contributed by atoms with van der Waals surface area (Å²) in [5.74, 6) is 0.170. The van der Waals surface area contributed by atoms with Crippen LogP contribution in [-0.2, 0) is 14.8 Å². The SMILES string of the molecule is COc1ccc(S(=O)(=O)N(C)C[C@H]2Oc3ccc(NC(=O)C4CCCCC4)cc3C(=O)N([C@H](C)CO)C[C@H]2C)cc1. The number of aliphatic hydroxyl groups is 1. The van der Waals surface area contributed by atoms with Gasteiger partial charge in [-0.3, -0.25) is 9.59 Å². The number of ether oxygens (including phenoxy) is 2. The van der Waals surface area contributed by atoms with Crippen molar-refractivity contribution in [2.24, 2.45) is 11.8 Å². The van der Waals surface area contributed by atoms with Crippen molar-refractivity contribution in [2.45, 2.75) is 63.0 Å². The number of carbonyl (C=O) groups is 2. The zero-order valence-corrected chi connectivity index (χ0v) is 25.0. The summed E-state index contributed by atoms with van der Waals surface area (Å²) in [4.78, 5) is 28.3. The minimum Gasteiger partial charge on any atom is -0.497 e. The molecule has 224 valence electrons. The lowest BCUT2D eigenvalue weighted by molar-refractivity contribution is -0.120. The van der Waals surface area contributed by atoms with Crippen LogP contribution in [0.4, 0.5) is 5.69 Å². The highest BCUT2D eigenvalue weighted by Gasteiger charge is 2.35. The van der Waals surface area contributed by atoms with Gasteiger partial charge >= 0.3 is 0 Å². The van der Waals surface area contributed by atoms with Gasteiger partial charge in [0, 0.05) is 31.1 Å². The minimum absolute atomic E-state index is 0.0324. The third kappa shape index (κ3) is 7.02. The molecular formula is C30H41N3O7S. The molecule has 0 radical (unpaired) electrons. The van der Waals surface area contributed by atoms with Crippen molar-refractivity contribution in [1.82, 2.24) is 9.21 Å².